The van der Waals surface area contributed by atoms with Gasteiger partial charge in [-0.1, -0.05) is 26.0 Å². The van der Waals surface area contributed by atoms with E-state index in [2.05, 4.69) is 31.3 Å². The quantitative estimate of drug-likeness (QED) is 0.865. The fourth-order valence-electron chi connectivity index (χ4n) is 1.59. The van der Waals surface area contributed by atoms with Crippen LogP contribution in [0.3, 0.4) is 0 Å². The molecule has 1 rings (SSSR count). The summed E-state index contributed by atoms with van der Waals surface area (Å²) in [5.74, 6) is 0.531. The second kappa shape index (κ2) is 7.24. The van der Waals surface area contributed by atoms with Gasteiger partial charge in [0, 0.05) is 26.8 Å². The highest BCUT2D eigenvalue weighted by molar-refractivity contribution is 7.80. The van der Waals surface area contributed by atoms with Crippen molar-refractivity contribution in [1.82, 2.24) is 9.80 Å². The summed E-state index contributed by atoms with van der Waals surface area (Å²) in [5.41, 5.74) is 2.22. The molecular weight excluding hydrogens is 270 g/mol. The molecule has 0 saturated carbocycles. The van der Waals surface area contributed by atoms with E-state index < -0.39 is 0 Å². The molecule has 20 heavy (non-hydrogen) atoms. The highest BCUT2D eigenvalue weighted by atomic mass is 32.1. The molecule has 5 heteroatoms. The molecule has 0 atom stereocenters. The van der Waals surface area contributed by atoms with Crippen LogP contribution in [0.15, 0.2) is 24.3 Å². The van der Waals surface area contributed by atoms with Gasteiger partial charge in [0.1, 0.15) is 0 Å². The summed E-state index contributed by atoms with van der Waals surface area (Å²) in [7, 11) is 5.27. The number of amides is 1. The number of thiocarbonyl (C=S) groups is 1. The number of hydrogen-bond donors (Lipinski definition) is 1. The monoisotopic (exact) mass is 293 g/mol. The molecule has 0 spiro atoms. The summed E-state index contributed by atoms with van der Waals surface area (Å²) in [4.78, 5) is 14.9. The summed E-state index contributed by atoms with van der Waals surface area (Å²) in [6, 6.07) is 8.17. The second-order valence-corrected chi connectivity index (χ2v) is 5.74. The van der Waals surface area contributed by atoms with Crippen LogP contribution in [0, 0.1) is 0 Å². The van der Waals surface area contributed by atoms with E-state index in [1.54, 1.807) is 30.9 Å². The summed E-state index contributed by atoms with van der Waals surface area (Å²) in [5, 5.41) is 3.68. The van der Waals surface area contributed by atoms with Crippen LogP contribution < -0.4 is 5.32 Å². The molecule has 110 valence electrons. The molecule has 0 aliphatic carbocycles. The fourth-order valence-corrected chi connectivity index (χ4v) is 1.77. The van der Waals surface area contributed by atoms with Crippen LogP contribution in [0.4, 0.5) is 5.69 Å². The van der Waals surface area contributed by atoms with Crippen LogP contribution in [0.1, 0.15) is 25.3 Å². The molecule has 1 N–H and O–H groups in total. The normalized spacial score (nSPS) is 10.3. The SMILES string of the molecule is CC(C)c1ccc(NC(=S)N(C)CC(=O)N(C)C)cc1. The number of rotatable bonds is 4. The van der Waals surface area contributed by atoms with Crippen molar-refractivity contribution in [2.24, 2.45) is 0 Å². The maximum Gasteiger partial charge on any atom is 0.241 e. The highest BCUT2D eigenvalue weighted by Gasteiger charge is 2.11. The van der Waals surface area contributed by atoms with E-state index in [0.29, 0.717) is 11.0 Å². The van der Waals surface area contributed by atoms with Crippen LogP contribution >= 0.6 is 12.2 Å². The lowest BCUT2D eigenvalue weighted by atomic mass is 10.0. The van der Waals surface area contributed by atoms with Gasteiger partial charge in [-0.05, 0) is 35.8 Å². The van der Waals surface area contributed by atoms with Gasteiger partial charge in [-0.25, -0.2) is 0 Å². The standard InChI is InChI=1S/C15H23N3OS/c1-11(2)12-6-8-13(9-7-12)16-15(20)18(5)10-14(19)17(3)4/h6-9,11H,10H2,1-5H3,(H,16,20). The van der Waals surface area contributed by atoms with E-state index in [4.69, 9.17) is 12.2 Å². The van der Waals surface area contributed by atoms with E-state index in [1.165, 1.54) is 5.56 Å². The highest BCUT2D eigenvalue weighted by Crippen LogP contribution is 2.17. The number of benzene rings is 1. The molecule has 4 nitrogen and oxygen atoms in total. The van der Waals surface area contributed by atoms with Crippen LogP contribution in [-0.2, 0) is 4.79 Å². The zero-order valence-corrected chi connectivity index (χ0v) is 13.6. The molecule has 0 heterocycles. The minimum Gasteiger partial charge on any atom is -0.347 e. The summed E-state index contributed by atoms with van der Waals surface area (Å²) < 4.78 is 0. The number of nitrogens with zero attached hydrogens (tertiary/aromatic N) is 2. The zero-order chi connectivity index (χ0) is 15.3. The van der Waals surface area contributed by atoms with E-state index >= 15 is 0 Å². The molecular formula is C15H23N3OS. The number of carbonyl (C=O) groups excluding carboxylic acids is 1. The Kier molecular flexibility index (Phi) is 5.95. The van der Waals surface area contributed by atoms with Crippen molar-refractivity contribution >= 4 is 28.9 Å². The molecule has 1 aromatic carbocycles. The molecule has 1 amide bonds. The number of carbonyl (C=O) groups is 1. The Morgan fingerprint density at radius 1 is 1.20 bits per heavy atom. The van der Waals surface area contributed by atoms with E-state index in [0.717, 1.165) is 5.69 Å². The van der Waals surface area contributed by atoms with Gasteiger partial charge in [-0.3, -0.25) is 4.79 Å². The average Bonchev–Trinajstić information content (AvgIpc) is 2.38. The first kappa shape index (κ1) is 16.4. The van der Waals surface area contributed by atoms with Crippen molar-refractivity contribution in [1.29, 1.82) is 0 Å². The van der Waals surface area contributed by atoms with Crippen LogP contribution in [0.25, 0.3) is 0 Å². The molecule has 0 aromatic heterocycles. The van der Waals surface area contributed by atoms with Gasteiger partial charge < -0.3 is 15.1 Å². The van der Waals surface area contributed by atoms with E-state index in [1.807, 2.05) is 12.1 Å². The van der Waals surface area contributed by atoms with Gasteiger partial charge in [0.25, 0.3) is 0 Å². The van der Waals surface area contributed by atoms with Crippen molar-refractivity contribution in [2.75, 3.05) is 33.0 Å². The lowest BCUT2D eigenvalue weighted by molar-refractivity contribution is -0.128. The molecule has 0 fully saturated rings. The minimum absolute atomic E-state index is 0.0202. The topological polar surface area (TPSA) is 35.6 Å². The molecule has 0 unspecified atom stereocenters. The third kappa shape index (κ3) is 4.81. The van der Waals surface area contributed by atoms with Crippen molar-refractivity contribution in [2.45, 2.75) is 19.8 Å². The number of likely N-dealkylation sites (N-methyl/N-ethyl adjacent to an activating group) is 2. The van der Waals surface area contributed by atoms with Gasteiger partial charge >= 0.3 is 0 Å². The van der Waals surface area contributed by atoms with E-state index in [9.17, 15) is 4.79 Å². The second-order valence-electron chi connectivity index (χ2n) is 5.35. The minimum atomic E-state index is 0.0202. The molecule has 0 bridgehead atoms. The Bertz CT molecular complexity index is 469. The number of nitrogens with one attached hydrogen (secondary N) is 1. The smallest absolute Gasteiger partial charge is 0.241 e. The molecule has 0 aliphatic heterocycles. The Balaban J connectivity index is 2.59. The summed E-state index contributed by atoms with van der Waals surface area (Å²) >= 11 is 5.29. The predicted molar refractivity (Wildman–Crippen MR) is 88.1 cm³/mol. The van der Waals surface area contributed by atoms with E-state index in [-0.39, 0.29) is 12.5 Å². The largest absolute Gasteiger partial charge is 0.347 e. The molecule has 0 saturated heterocycles. The third-order valence-corrected chi connectivity index (χ3v) is 3.46. The first-order chi connectivity index (χ1) is 9.31. The van der Waals surface area contributed by atoms with Crippen molar-refractivity contribution < 1.29 is 4.79 Å². The van der Waals surface area contributed by atoms with Crippen molar-refractivity contribution in [3.63, 3.8) is 0 Å². The lowest BCUT2D eigenvalue weighted by Gasteiger charge is -2.22. The Morgan fingerprint density at radius 2 is 1.75 bits per heavy atom. The van der Waals surface area contributed by atoms with Crippen LogP contribution in [-0.4, -0.2) is 48.5 Å². The van der Waals surface area contributed by atoms with Gasteiger partial charge in [-0.15, -0.1) is 0 Å². The summed E-state index contributed by atoms with van der Waals surface area (Å²) in [6.45, 7) is 4.59. The third-order valence-electron chi connectivity index (χ3n) is 3.05. The molecule has 1 aromatic rings. The maximum absolute atomic E-state index is 11.6. The first-order valence-electron chi connectivity index (χ1n) is 6.63. The fraction of sp³-hybridized carbons (Fsp3) is 0.467. The Hall–Kier alpha value is -1.62. The van der Waals surface area contributed by atoms with Gasteiger partial charge in [0.15, 0.2) is 5.11 Å². The number of anilines is 1. The van der Waals surface area contributed by atoms with Crippen LogP contribution in [0.5, 0.6) is 0 Å². The lowest BCUT2D eigenvalue weighted by Crippen LogP contribution is -2.39. The Morgan fingerprint density at radius 3 is 2.20 bits per heavy atom. The predicted octanol–water partition coefficient (Wildman–Crippen LogP) is 2.53. The van der Waals surface area contributed by atoms with Gasteiger partial charge in [0.2, 0.25) is 5.91 Å². The van der Waals surface area contributed by atoms with Gasteiger partial charge in [0.05, 0.1) is 6.54 Å². The van der Waals surface area contributed by atoms with Crippen LogP contribution in [0.2, 0.25) is 0 Å². The maximum atomic E-state index is 11.6. The molecule has 0 radical (unpaired) electrons. The number of hydrogen-bond acceptors (Lipinski definition) is 2. The average molecular weight is 293 g/mol. The van der Waals surface area contributed by atoms with Crippen molar-refractivity contribution in [3.05, 3.63) is 29.8 Å². The van der Waals surface area contributed by atoms with Gasteiger partial charge in [-0.2, -0.15) is 0 Å². The Labute approximate surface area is 126 Å². The van der Waals surface area contributed by atoms with Crippen molar-refractivity contribution in [3.8, 4) is 0 Å². The zero-order valence-electron chi connectivity index (χ0n) is 12.8. The first-order valence-corrected chi connectivity index (χ1v) is 7.04. The molecule has 0 aliphatic rings. The summed E-state index contributed by atoms with van der Waals surface area (Å²) in [6.07, 6.45) is 0.